The van der Waals surface area contributed by atoms with Crippen molar-refractivity contribution in [3.8, 4) is 0 Å². The fourth-order valence-electron chi connectivity index (χ4n) is 22.6. The molecule has 0 aromatic rings. The summed E-state index contributed by atoms with van der Waals surface area (Å²) in [6.45, 7) is 12.8. The van der Waals surface area contributed by atoms with Crippen LogP contribution in [-0.4, -0.2) is 6.16 Å². The summed E-state index contributed by atoms with van der Waals surface area (Å²) in [6, 6.07) is 0. The average Bonchev–Trinajstić information content (AvgIpc) is 3.28. The minimum absolute atomic E-state index is 0.608. The van der Waals surface area contributed by atoms with Gasteiger partial charge in [0.2, 0.25) is 0 Å². The summed E-state index contributed by atoms with van der Waals surface area (Å²) in [7, 11) is 3.32. The Morgan fingerprint density at radius 3 is 1.52 bits per heavy atom. The Kier molecular flexibility index (Phi) is 0.416. The predicted molar refractivity (Wildman–Crippen MR) is 87.8 cm³/mol. The number of fused-ring (bicyclic) bond motifs is 10. The average molecular weight is 344 g/mol. The summed E-state index contributed by atoms with van der Waals surface area (Å²) in [5, 5.41) is 0. The van der Waals surface area contributed by atoms with Crippen LogP contribution in [0.25, 0.3) is 0 Å². The first-order chi connectivity index (χ1) is 9.39. The van der Waals surface area contributed by atoms with E-state index in [2.05, 4.69) is 50.8 Å². The summed E-state index contributed by atoms with van der Waals surface area (Å²) >= 11 is 0. The molecule has 10 aliphatic heterocycles. The molecule has 0 amide bonds. The Labute approximate surface area is 121 Å². The van der Waals surface area contributed by atoms with Crippen molar-refractivity contribution in [2.24, 2.45) is 10.8 Å². The molecule has 0 radical (unpaired) electrons. The molecule has 0 bridgehead atoms. The monoisotopic (exact) mass is 344 g/mol. The normalized spacial score (nSPS) is 108. The standard InChI is InChI=1S/C14H24P.C5H5.Fe/c1-13(2,3)11-8-7-10(9-15)12(11)14(4,5)6;1-2-4-5-3-1;/h7-8H,9,15H2,1-6H3;1-5H;. The fourth-order valence-corrected chi connectivity index (χ4v) is 111. The van der Waals surface area contributed by atoms with Gasteiger partial charge in [-0.1, -0.05) is 0 Å². The van der Waals surface area contributed by atoms with E-state index in [1.807, 2.05) is 0 Å². The summed E-state index contributed by atoms with van der Waals surface area (Å²) in [4.78, 5) is 9.89. The van der Waals surface area contributed by atoms with Gasteiger partial charge in [-0.3, -0.25) is 0 Å². The SMILES string of the molecule is CC(C)(C)[C]12[CH]3[CH]4[C]5(CP)[C]1(C(C)(C)C)[Fe]43521678[CH]2[CH]1[CH]6[CH]7[CH]28. The van der Waals surface area contributed by atoms with Crippen molar-refractivity contribution in [1.29, 1.82) is 0 Å². The van der Waals surface area contributed by atoms with Crippen molar-refractivity contribution >= 4 is 9.24 Å². The second kappa shape index (κ2) is 0.869. The van der Waals surface area contributed by atoms with Crippen LogP contribution in [0, 0.1) is 10.8 Å². The first-order valence-corrected chi connectivity index (χ1v) is 16.2. The molecule has 2 heteroatoms. The van der Waals surface area contributed by atoms with E-state index in [1.54, 1.807) is 0 Å². The number of hydrogen-bond donors (Lipinski definition) is 0. The van der Waals surface area contributed by atoms with E-state index in [4.69, 9.17) is 0 Å². The Hall–Kier alpha value is 0.949. The Balaban J connectivity index is 1.65. The van der Waals surface area contributed by atoms with E-state index in [0.29, 0.717) is 10.8 Å². The van der Waals surface area contributed by atoms with Crippen LogP contribution in [-0.2, 0) is 6.51 Å². The third kappa shape index (κ3) is 0.109. The molecule has 118 valence electrons. The van der Waals surface area contributed by atoms with Crippen LogP contribution >= 0.6 is 9.24 Å². The van der Waals surface area contributed by atoms with Gasteiger partial charge in [0.1, 0.15) is 0 Å². The molecular formula is C19H29FeP. The van der Waals surface area contributed by atoms with Gasteiger partial charge in [0, 0.05) is 0 Å². The van der Waals surface area contributed by atoms with Gasteiger partial charge >= 0.3 is 121 Å². The van der Waals surface area contributed by atoms with Gasteiger partial charge in [-0.2, -0.15) is 0 Å². The maximum atomic E-state index is 3.32. The molecule has 0 saturated carbocycles. The van der Waals surface area contributed by atoms with Crippen molar-refractivity contribution < 1.29 is 6.51 Å². The third-order valence-corrected chi connectivity index (χ3v) is 63.7. The zero-order chi connectivity index (χ0) is 14.6. The molecule has 21 heavy (non-hydrogen) atoms. The van der Waals surface area contributed by atoms with Gasteiger partial charge in [0.05, 0.1) is 0 Å². The maximum absolute atomic E-state index is 3.33. The van der Waals surface area contributed by atoms with E-state index in [0.717, 1.165) is 12.9 Å². The van der Waals surface area contributed by atoms with Crippen LogP contribution in [0.1, 0.15) is 41.5 Å². The van der Waals surface area contributed by atoms with Crippen LogP contribution < -0.4 is 0 Å². The van der Waals surface area contributed by atoms with Crippen LogP contribution in [0.5, 0.6) is 0 Å². The van der Waals surface area contributed by atoms with Gasteiger partial charge in [0.15, 0.2) is 0 Å². The van der Waals surface area contributed by atoms with Crippen molar-refractivity contribution in [1.82, 2.24) is 0 Å². The van der Waals surface area contributed by atoms with Gasteiger partial charge in [-0.25, -0.2) is 0 Å². The van der Waals surface area contributed by atoms with Crippen LogP contribution in [0.3, 0.4) is 0 Å². The second-order valence-electron chi connectivity index (χ2n) is 14.7. The summed E-state index contributed by atoms with van der Waals surface area (Å²) < 4.78 is 2.90. The molecular weight excluding hydrogens is 315 g/mol. The Morgan fingerprint density at radius 2 is 1.29 bits per heavy atom. The van der Waals surface area contributed by atoms with E-state index < -0.39 is 6.51 Å². The van der Waals surface area contributed by atoms with Crippen molar-refractivity contribution in [2.45, 2.75) is 88.2 Å². The molecule has 0 aliphatic carbocycles. The van der Waals surface area contributed by atoms with E-state index in [1.165, 1.54) is 39.9 Å². The molecule has 0 aromatic heterocycles. The van der Waals surface area contributed by atoms with Crippen LogP contribution in [0.2, 0.25) is 46.7 Å². The summed E-state index contributed by atoms with van der Waals surface area (Å²) in [5.41, 5.74) is 1.23. The van der Waals surface area contributed by atoms with Crippen LogP contribution in [0.15, 0.2) is 0 Å². The quantitative estimate of drug-likeness (QED) is 0.379. The van der Waals surface area contributed by atoms with Gasteiger partial charge in [0.25, 0.3) is 0 Å². The molecule has 10 rings (SSSR count). The first-order valence-electron chi connectivity index (χ1n) is 9.30. The third-order valence-electron chi connectivity index (χ3n) is 17.7. The Bertz CT molecular complexity index is 1140. The molecule has 10 saturated heterocycles. The molecule has 10 fully saturated rings. The molecule has 0 nitrogen and oxygen atoms in total. The molecule has 1 spiro atoms. The van der Waals surface area contributed by atoms with Crippen LogP contribution in [0.4, 0.5) is 0 Å². The predicted octanol–water partition coefficient (Wildman–Crippen LogP) is 6.45. The Morgan fingerprint density at radius 1 is 0.810 bits per heavy atom. The molecule has 0 aromatic carbocycles. The van der Waals surface area contributed by atoms with E-state index in [-0.39, 0.29) is 0 Å². The fraction of sp³-hybridized carbons (Fsp3) is 1.00. The zero-order valence-electron chi connectivity index (χ0n) is 14.2. The molecule has 6 unspecified atom stereocenters. The molecule has 6 atom stereocenters. The minimum atomic E-state index is -3.33. The first kappa shape index (κ1) is 10.1. The molecule has 10 heterocycles. The second-order valence-corrected chi connectivity index (χ2v) is 38.1. The van der Waals surface area contributed by atoms with Gasteiger partial charge < -0.3 is 0 Å². The van der Waals surface area contributed by atoms with Gasteiger partial charge in [-0.15, -0.1) is 0 Å². The number of hydrogen-bond acceptors (Lipinski definition) is 0. The molecule has 0 N–H and O–H groups in total. The molecule has 10 aliphatic rings. The summed E-state index contributed by atoms with van der Waals surface area (Å²) in [6.07, 6.45) is 1.54. The van der Waals surface area contributed by atoms with Gasteiger partial charge in [-0.05, 0) is 0 Å². The van der Waals surface area contributed by atoms with Crippen molar-refractivity contribution in [3.05, 3.63) is 0 Å². The van der Waals surface area contributed by atoms with E-state index in [9.17, 15) is 0 Å². The number of rotatable bonds is 1. The van der Waals surface area contributed by atoms with E-state index >= 15 is 0 Å². The van der Waals surface area contributed by atoms with Crippen molar-refractivity contribution in [3.63, 3.8) is 0 Å². The zero-order valence-corrected chi connectivity index (χ0v) is 16.4. The summed E-state index contributed by atoms with van der Waals surface area (Å²) in [5.74, 6) is 0. The van der Waals surface area contributed by atoms with Crippen molar-refractivity contribution in [2.75, 3.05) is 6.16 Å². The topological polar surface area (TPSA) is 0 Å².